The van der Waals surface area contributed by atoms with Crippen LogP contribution in [0.2, 0.25) is 0 Å². The van der Waals surface area contributed by atoms with Crippen molar-refractivity contribution < 1.29 is 4.79 Å². The molecule has 0 spiro atoms. The first-order valence-corrected chi connectivity index (χ1v) is 7.00. The van der Waals surface area contributed by atoms with Crippen molar-refractivity contribution in [3.8, 4) is 10.6 Å². The van der Waals surface area contributed by atoms with Gasteiger partial charge in [0.25, 0.3) is 0 Å². The smallest absolute Gasteiger partial charge is 0.231 e. The molecule has 2 aromatic rings. The van der Waals surface area contributed by atoms with Gasteiger partial charge in [0.2, 0.25) is 11.0 Å². The van der Waals surface area contributed by atoms with Gasteiger partial charge in [-0.3, -0.25) is 14.7 Å². The van der Waals surface area contributed by atoms with Gasteiger partial charge < -0.3 is 0 Å². The average molecular weight is 276 g/mol. The molecule has 0 N–H and O–H groups in total. The first kappa shape index (κ1) is 13.6. The van der Waals surface area contributed by atoms with Crippen LogP contribution in [0.5, 0.6) is 0 Å². The molecule has 19 heavy (non-hydrogen) atoms. The van der Waals surface area contributed by atoms with Crippen LogP contribution in [0.15, 0.2) is 24.5 Å². The van der Waals surface area contributed by atoms with E-state index in [2.05, 4.69) is 15.2 Å². The molecule has 1 amide bonds. The number of anilines is 1. The molecule has 0 aliphatic heterocycles. The Kier molecular flexibility index (Phi) is 4.21. The van der Waals surface area contributed by atoms with Crippen LogP contribution >= 0.6 is 11.3 Å². The molecule has 0 fully saturated rings. The second-order valence-corrected chi connectivity index (χ2v) is 5.32. The Morgan fingerprint density at radius 1 is 1.42 bits per heavy atom. The fourth-order valence-electron chi connectivity index (χ4n) is 1.63. The molecule has 0 bridgehead atoms. The SMILES string of the molecule is CCN(C(=O)C(C)C)c1nnc(-c2cccnc2)s1. The topological polar surface area (TPSA) is 59.0 Å². The van der Waals surface area contributed by atoms with Crippen molar-refractivity contribution >= 4 is 22.4 Å². The molecule has 2 aromatic heterocycles. The highest BCUT2D eigenvalue weighted by Crippen LogP contribution is 2.28. The van der Waals surface area contributed by atoms with E-state index < -0.39 is 0 Å². The molecule has 0 atom stereocenters. The summed E-state index contributed by atoms with van der Waals surface area (Å²) < 4.78 is 0. The second kappa shape index (κ2) is 5.88. The second-order valence-electron chi connectivity index (χ2n) is 4.37. The van der Waals surface area contributed by atoms with E-state index in [-0.39, 0.29) is 11.8 Å². The van der Waals surface area contributed by atoms with E-state index in [0.29, 0.717) is 11.7 Å². The fourth-order valence-corrected chi connectivity index (χ4v) is 2.53. The zero-order chi connectivity index (χ0) is 13.8. The summed E-state index contributed by atoms with van der Waals surface area (Å²) in [6.07, 6.45) is 3.46. The van der Waals surface area contributed by atoms with E-state index in [1.807, 2.05) is 32.9 Å². The van der Waals surface area contributed by atoms with Crippen molar-refractivity contribution in [1.82, 2.24) is 15.2 Å². The van der Waals surface area contributed by atoms with Crippen LogP contribution in [0.4, 0.5) is 5.13 Å². The molecule has 2 rings (SSSR count). The van der Waals surface area contributed by atoms with Gasteiger partial charge in [-0.2, -0.15) is 0 Å². The van der Waals surface area contributed by atoms with Gasteiger partial charge in [-0.1, -0.05) is 25.2 Å². The molecule has 0 aromatic carbocycles. The molecule has 5 nitrogen and oxygen atoms in total. The maximum Gasteiger partial charge on any atom is 0.231 e. The van der Waals surface area contributed by atoms with Crippen LogP contribution in [0.1, 0.15) is 20.8 Å². The number of hydrogen-bond donors (Lipinski definition) is 0. The largest absolute Gasteiger partial charge is 0.287 e. The van der Waals surface area contributed by atoms with Crippen molar-refractivity contribution in [3.05, 3.63) is 24.5 Å². The summed E-state index contributed by atoms with van der Waals surface area (Å²) in [5, 5.41) is 9.66. The van der Waals surface area contributed by atoms with Gasteiger partial charge in [-0.15, -0.1) is 10.2 Å². The normalized spacial score (nSPS) is 10.7. The standard InChI is InChI=1S/C13H16N4OS/c1-4-17(12(18)9(2)3)13-16-15-11(19-13)10-6-5-7-14-8-10/h5-9H,4H2,1-3H3. The Bertz CT molecular complexity index is 553. The van der Waals surface area contributed by atoms with Crippen LogP contribution in [-0.2, 0) is 4.79 Å². The predicted molar refractivity (Wildman–Crippen MR) is 76.0 cm³/mol. The highest BCUT2D eigenvalue weighted by molar-refractivity contribution is 7.18. The van der Waals surface area contributed by atoms with E-state index in [9.17, 15) is 4.79 Å². The van der Waals surface area contributed by atoms with E-state index in [1.54, 1.807) is 17.3 Å². The molecular formula is C13H16N4OS. The number of carbonyl (C=O) groups excluding carboxylic acids is 1. The lowest BCUT2D eigenvalue weighted by molar-refractivity contribution is -0.121. The van der Waals surface area contributed by atoms with E-state index in [1.165, 1.54) is 11.3 Å². The third-order valence-corrected chi connectivity index (χ3v) is 3.63. The summed E-state index contributed by atoms with van der Waals surface area (Å²) in [5.41, 5.74) is 0.916. The summed E-state index contributed by atoms with van der Waals surface area (Å²) in [6.45, 7) is 6.30. The Hall–Kier alpha value is -1.82. The summed E-state index contributed by atoms with van der Waals surface area (Å²) >= 11 is 1.41. The monoisotopic (exact) mass is 276 g/mol. The number of amides is 1. The van der Waals surface area contributed by atoms with Gasteiger partial charge >= 0.3 is 0 Å². The number of rotatable bonds is 4. The molecule has 0 radical (unpaired) electrons. The van der Waals surface area contributed by atoms with Crippen LogP contribution in [0, 0.1) is 5.92 Å². The summed E-state index contributed by atoms with van der Waals surface area (Å²) in [5.74, 6) is 0.0158. The first-order valence-electron chi connectivity index (χ1n) is 6.18. The number of pyridine rings is 1. The summed E-state index contributed by atoms with van der Waals surface area (Å²) in [6, 6.07) is 3.78. The predicted octanol–water partition coefficient (Wildman–Crippen LogP) is 2.61. The van der Waals surface area contributed by atoms with Crippen molar-refractivity contribution in [2.24, 2.45) is 5.92 Å². The summed E-state index contributed by atoms with van der Waals surface area (Å²) in [7, 11) is 0. The van der Waals surface area contributed by atoms with Crippen molar-refractivity contribution in [2.45, 2.75) is 20.8 Å². The van der Waals surface area contributed by atoms with Crippen LogP contribution in [0.3, 0.4) is 0 Å². The van der Waals surface area contributed by atoms with E-state index in [0.717, 1.165) is 10.6 Å². The Morgan fingerprint density at radius 3 is 2.79 bits per heavy atom. The number of aromatic nitrogens is 3. The molecule has 100 valence electrons. The minimum absolute atomic E-state index is 0.0503. The van der Waals surface area contributed by atoms with Gasteiger partial charge in [0.05, 0.1) is 0 Å². The third kappa shape index (κ3) is 2.96. The quantitative estimate of drug-likeness (QED) is 0.861. The molecule has 0 unspecified atom stereocenters. The van der Waals surface area contributed by atoms with E-state index in [4.69, 9.17) is 0 Å². The van der Waals surface area contributed by atoms with Crippen molar-refractivity contribution in [2.75, 3.05) is 11.4 Å². The number of nitrogens with zero attached hydrogens (tertiary/aromatic N) is 4. The molecular weight excluding hydrogens is 260 g/mol. The summed E-state index contributed by atoms with van der Waals surface area (Å²) in [4.78, 5) is 17.8. The minimum atomic E-state index is -0.0503. The van der Waals surface area contributed by atoms with Gasteiger partial charge in [0.1, 0.15) is 0 Å². The number of carbonyl (C=O) groups is 1. The molecule has 2 heterocycles. The van der Waals surface area contributed by atoms with Crippen molar-refractivity contribution in [1.29, 1.82) is 0 Å². The molecule has 0 aliphatic rings. The lowest BCUT2D eigenvalue weighted by Crippen LogP contribution is -2.33. The van der Waals surface area contributed by atoms with Crippen LogP contribution in [0.25, 0.3) is 10.6 Å². The Labute approximate surface area is 116 Å². The van der Waals surface area contributed by atoms with Gasteiger partial charge in [-0.05, 0) is 19.1 Å². The fraction of sp³-hybridized carbons (Fsp3) is 0.385. The highest BCUT2D eigenvalue weighted by Gasteiger charge is 2.21. The average Bonchev–Trinajstić information content (AvgIpc) is 2.90. The Morgan fingerprint density at radius 2 is 2.21 bits per heavy atom. The van der Waals surface area contributed by atoms with Crippen LogP contribution < -0.4 is 4.90 Å². The maximum atomic E-state index is 12.1. The molecule has 0 saturated carbocycles. The van der Waals surface area contributed by atoms with Gasteiger partial charge in [0, 0.05) is 30.4 Å². The zero-order valence-corrected chi connectivity index (χ0v) is 12.0. The maximum absolute atomic E-state index is 12.1. The van der Waals surface area contributed by atoms with Crippen molar-refractivity contribution in [3.63, 3.8) is 0 Å². The lowest BCUT2D eigenvalue weighted by atomic mass is 10.2. The third-order valence-electron chi connectivity index (χ3n) is 2.63. The highest BCUT2D eigenvalue weighted by atomic mass is 32.1. The number of hydrogen-bond acceptors (Lipinski definition) is 5. The van der Waals surface area contributed by atoms with Crippen LogP contribution in [-0.4, -0.2) is 27.6 Å². The minimum Gasteiger partial charge on any atom is -0.287 e. The first-order chi connectivity index (χ1) is 9.13. The molecule has 6 heteroatoms. The lowest BCUT2D eigenvalue weighted by Gasteiger charge is -2.18. The van der Waals surface area contributed by atoms with Gasteiger partial charge in [-0.25, -0.2) is 0 Å². The van der Waals surface area contributed by atoms with Gasteiger partial charge in [0.15, 0.2) is 5.01 Å². The van der Waals surface area contributed by atoms with E-state index >= 15 is 0 Å². The molecule has 0 saturated heterocycles. The zero-order valence-electron chi connectivity index (χ0n) is 11.2. The molecule has 0 aliphatic carbocycles. The Balaban J connectivity index is 2.27.